The van der Waals surface area contributed by atoms with E-state index in [1.54, 1.807) is 0 Å². The van der Waals surface area contributed by atoms with Gasteiger partial charge in [0, 0.05) is 43.6 Å². The maximum atomic E-state index is 12.0. The van der Waals surface area contributed by atoms with E-state index in [9.17, 15) is 4.79 Å². The minimum atomic E-state index is 0. The van der Waals surface area contributed by atoms with Crippen LogP contribution in [0.3, 0.4) is 0 Å². The van der Waals surface area contributed by atoms with Gasteiger partial charge in [0.25, 0.3) is 0 Å². The van der Waals surface area contributed by atoms with Crippen molar-refractivity contribution < 1.29 is 9.53 Å². The van der Waals surface area contributed by atoms with Crippen LogP contribution in [-0.2, 0) is 11.3 Å². The average molecular weight is 410 g/mol. The lowest BCUT2D eigenvalue weighted by atomic mass is 10.2. The maximum absolute atomic E-state index is 12.0. The number of thioether (sulfide) groups is 1. The predicted molar refractivity (Wildman–Crippen MR) is 111 cm³/mol. The predicted octanol–water partition coefficient (Wildman–Crippen LogP) is 2.18. The van der Waals surface area contributed by atoms with E-state index in [4.69, 9.17) is 4.74 Å². The van der Waals surface area contributed by atoms with Crippen molar-refractivity contribution in [2.45, 2.75) is 19.0 Å². The Hall–Kier alpha value is -0.660. The first-order valence-corrected chi connectivity index (χ1v) is 9.23. The molecule has 1 fully saturated rings. The fourth-order valence-electron chi connectivity index (χ4n) is 2.34. The van der Waals surface area contributed by atoms with Crippen LogP contribution in [-0.4, -0.2) is 62.1 Å². The van der Waals surface area contributed by atoms with Gasteiger partial charge in [0.2, 0.25) is 5.91 Å². The molecule has 8 heteroatoms. The van der Waals surface area contributed by atoms with Crippen LogP contribution in [0.4, 0.5) is 0 Å². The molecule has 1 aliphatic heterocycles. The summed E-state index contributed by atoms with van der Waals surface area (Å²) in [5.74, 6) is 3.11. The van der Waals surface area contributed by atoms with E-state index in [-0.39, 0.29) is 30.7 Å². The summed E-state index contributed by atoms with van der Waals surface area (Å²) in [6.07, 6.45) is 0.548. The number of benzene rings is 1. The molecule has 0 aromatic heterocycles. The summed E-state index contributed by atoms with van der Waals surface area (Å²) in [7, 11) is 4.05. The van der Waals surface area contributed by atoms with Gasteiger partial charge in [-0.15, -0.1) is 24.8 Å². The second-order valence-corrected chi connectivity index (χ2v) is 7.16. The second kappa shape index (κ2) is 13.5. The zero-order valence-electron chi connectivity index (χ0n) is 14.8. The van der Waals surface area contributed by atoms with Crippen LogP contribution in [0.25, 0.3) is 0 Å². The van der Waals surface area contributed by atoms with Gasteiger partial charge in [-0.25, -0.2) is 0 Å². The van der Waals surface area contributed by atoms with Gasteiger partial charge in [-0.2, -0.15) is 11.8 Å². The number of hydrogen-bond acceptors (Lipinski definition) is 5. The van der Waals surface area contributed by atoms with Gasteiger partial charge in [-0.1, -0.05) is 12.1 Å². The van der Waals surface area contributed by atoms with E-state index in [0.717, 1.165) is 35.9 Å². The minimum absolute atomic E-state index is 0. The fraction of sp³-hybridized carbons (Fsp3) is 0.588. The van der Waals surface area contributed by atoms with Crippen molar-refractivity contribution in [1.29, 1.82) is 0 Å². The second-order valence-electron chi connectivity index (χ2n) is 6.01. The molecule has 25 heavy (non-hydrogen) atoms. The molecule has 144 valence electrons. The first-order valence-electron chi connectivity index (χ1n) is 8.08. The molecule has 2 rings (SSSR count). The Morgan fingerprint density at radius 2 is 2.20 bits per heavy atom. The van der Waals surface area contributed by atoms with Gasteiger partial charge in [0.15, 0.2) is 0 Å². The molecule has 1 unspecified atom stereocenters. The minimum Gasteiger partial charge on any atom is -0.492 e. The topological polar surface area (TPSA) is 53.6 Å². The molecule has 1 amide bonds. The number of nitrogens with zero attached hydrogens (tertiary/aromatic N) is 1. The van der Waals surface area contributed by atoms with Crippen LogP contribution in [0.5, 0.6) is 5.75 Å². The van der Waals surface area contributed by atoms with Gasteiger partial charge < -0.3 is 20.3 Å². The highest BCUT2D eigenvalue weighted by molar-refractivity contribution is 7.99. The highest BCUT2D eigenvalue weighted by Gasteiger charge is 2.16. The van der Waals surface area contributed by atoms with Crippen molar-refractivity contribution >= 4 is 42.5 Å². The first-order chi connectivity index (χ1) is 11.1. The highest BCUT2D eigenvalue weighted by atomic mass is 35.5. The first kappa shape index (κ1) is 24.3. The van der Waals surface area contributed by atoms with Crippen LogP contribution in [0.15, 0.2) is 24.3 Å². The summed E-state index contributed by atoms with van der Waals surface area (Å²) < 4.78 is 5.72. The van der Waals surface area contributed by atoms with Crippen molar-refractivity contribution in [2.24, 2.45) is 0 Å². The van der Waals surface area contributed by atoms with Gasteiger partial charge in [-0.05, 0) is 31.8 Å². The van der Waals surface area contributed by atoms with E-state index in [2.05, 4.69) is 15.5 Å². The standard InChI is InChI=1S/C17H27N3O2S.2ClH/c1-20(2)7-8-22-16-5-3-4-14(10-16)12-19-17(21)11-15-13-23-9-6-18-15;;/h3-5,10,15,18H,6-9,11-13H2,1-2H3,(H,19,21);2*1H. The van der Waals surface area contributed by atoms with Crippen molar-refractivity contribution in [1.82, 2.24) is 15.5 Å². The van der Waals surface area contributed by atoms with Gasteiger partial charge in [0.1, 0.15) is 12.4 Å². The Morgan fingerprint density at radius 1 is 1.40 bits per heavy atom. The largest absolute Gasteiger partial charge is 0.492 e. The van der Waals surface area contributed by atoms with E-state index in [1.165, 1.54) is 0 Å². The molecule has 5 nitrogen and oxygen atoms in total. The maximum Gasteiger partial charge on any atom is 0.221 e. The summed E-state index contributed by atoms with van der Waals surface area (Å²) in [5, 5.41) is 6.38. The normalized spacial score (nSPS) is 16.5. The molecule has 0 bridgehead atoms. The fourth-order valence-corrected chi connectivity index (χ4v) is 3.29. The number of amides is 1. The van der Waals surface area contributed by atoms with Crippen molar-refractivity contribution in [3.05, 3.63) is 29.8 Å². The molecular formula is C17H29Cl2N3O2S. The number of hydrogen-bond donors (Lipinski definition) is 2. The molecule has 1 aliphatic rings. The molecule has 0 radical (unpaired) electrons. The number of ether oxygens (including phenoxy) is 1. The summed E-state index contributed by atoms with van der Waals surface area (Å²) >= 11 is 1.91. The van der Waals surface area contributed by atoms with Crippen LogP contribution < -0.4 is 15.4 Å². The SMILES string of the molecule is CN(C)CCOc1cccc(CNC(=O)CC2CSCCN2)c1.Cl.Cl. The van der Waals surface area contributed by atoms with Crippen molar-refractivity contribution in [2.75, 3.05) is 45.3 Å². The highest BCUT2D eigenvalue weighted by Crippen LogP contribution is 2.14. The number of carbonyl (C=O) groups is 1. The van der Waals surface area contributed by atoms with Gasteiger partial charge in [-0.3, -0.25) is 4.79 Å². The zero-order chi connectivity index (χ0) is 16.5. The third kappa shape index (κ3) is 10.2. The third-order valence-electron chi connectivity index (χ3n) is 3.63. The number of halogens is 2. The van der Waals surface area contributed by atoms with Gasteiger partial charge in [0.05, 0.1) is 0 Å². The number of nitrogens with one attached hydrogen (secondary N) is 2. The summed E-state index contributed by atoms with van der Waals surface area (Å²) in [6.45, 7) is 3.08. The summed E-state index contributed by atoms with van der Waals surface area (Å²) in [5.41, 5.74) is 1.06. The van der Waals surface area contributed by atoms with Crippen molar-refractivity contribution in [3.63, 3.8) is 0 Å². The Kier molecular flexibility index (Phi) is 13.2. The number of carbonyl (C=O) groups excluding carboxylic acids is 1. The molecular weight excluding hydrogens is 381 g/mol. The molecule has 0 aliphatic carbocycles. The molecule has 1 aromatic carbocycles. The Bertz CT molecular complexity index is 501. The third-order valence-corrected chi connectivity index (χ3v) is 4.76. The molecule has 2 N–H and O–H groups in total. The zero-order valence-corrected chi connectivity index (χ0v) is 17.3. The van der Waals surface area contributed by atoms with Crippen LogP contribution in [0.1, 0.15) is 12.0 Å². The average Bonchev–Trinajstić information content (AvgIpc) is 2.54. The molecule has 1 saturated heterocycles. The Labute approximate surface area is 167 Å². The smallest absolute Gasteiger partial charge is 0.221 e. The molecule has 1 atom stereocenters. The Balaban J connectivity index is 0.00000288. The Morgan fingerprint density at radius 3 is 2.88 bits per heavy atom. The number of likely N-dealkylation sites (N-methyl/N-ethyl adjacent to an activating group) is 1. The summed E-state index contributed by atoms with van der Waals surface area (Å²) in [6, 6.07) is 8.21. The van der Waals surface area contributed by atoms with Gasteiger partial charge >= 0.3 is 0 Å². The van der Waals surface area contributed by atoms with Crippen LogP contribution in [0.2, 0.25) is 0 Å². The van der Waals surface area contributed by atoms with E-state index < -0.39 is 0 Å². The monoisotopic (exact) mass is 409 g/mol. The van der Waals surface area contributed by atoms with Crippen LogP contribution in [0, 0.1) is 0 Å². The van der Waals surface area contributed by atoms with Crippen molar-refractivity contribution in [3.8, 4) is 5.75 Å². The molecule has 1 aromatic rings. The lowest BCUT2D eigenvalue weighted by Crippen LogP contribution is -2.41. The van der Waals surface area contributed by atoms with E-state index in [0.29, 0.717) is 25.6 Å². The summed E-state index contributed by atoms with van der Waals surface area (Å²) in [4.78, 5) is 14.1. The molecule has 0 spiro atoms. The van der Waals surface area contributed by atoms with E-state index in [1.807, 2.05) is 50.1 Å². The lowest BCUT2D eigenvalue weighted by molar-refractivity contribution is -0.121. The van der Waals surface area contributed by atoms with E-state index >= 15 is 0 Å². The molecule has 0 saturated carbocycles. The number of rotatable bonds is 8. The molecule has 1 heterocycles. The lowest BCUT2D eigenvalue weighted by Gasteiger charge is -2.22. The quantitative estimate of drug-likeness (QED) is 0.688. The van der Waals surface area contributed by atoms with Crippen LogP contribution >= 0.6 is 36.6 Å².